The van der Waals surface area contributed by atoms with Crippen LogP contribution in [0.1, 0.15) is 13.2 Å². The van der Waals surface area contributed by atoms with Gasteiger partial charge in [0, 0.05) is 6.20 Å². The van der Waals surface area contributed by atoms with Gasteiger partial charge in [-0.25, -0.2) is 4.79 Å². The van der Waals surface area contributed by atoms with Crippen LogP contribution in [0.2, 0.25) is 0 Å². The van der Waals surface area contributed by atoms with Crippen LogP contribution in [0.25, 0.3) is 0 Å². The van der Waals surface area contributed by atoms with E-state index >= 15 is 0 Å². The second kappa shape index (κ2) is 5.84. The van der Waals surface area contributed by atoms with Gasteiger partial charge in [0.2, 0.25) is 0 Å². The van der Waals surface area contributed by atoms with Crippen LogP contribution in [0.5, 0.6) is 0 Å². The molecule has 118 valence electrons. The van der Waals surface area contributed by atoms with Gasteiger partial charge in [0.25, 0.3) is 0 Å². The van der Waals surface area contributed by atoms with Crippen molar-refractivity contribution in [1.82, 2.24) is 9.55 Å². The highest BCUT2D eigenvalue weighted by Crippen LogP contribution is 2.37. The predicted molar refractivity (Wildman–Crippen MR) is 70.3 cm³/mol. The molecule has 2 heterocycles. The van der Waals surface area contributed by atoms with Crippen LogP contribution in [0, 0.1) is 0 Å². The molecule has 1 aromatic rings. The van der Waals surface area contributed by atoms with Crippen molar-refractivity contribution < 1.29 is 28.9 Å². The first-order chi connectivity index (χ1) is 9.69. The molecule has 1 saturated heterocycles. The highest BCUT2D eigenvalue weighted by molar-refractivity contribution is 7.51. The minimum absolute atomic E-state index is 0.0334. The van der Waals surface area contributed by atoms with Crippen LogP contribution in [0.4, 0.5) is 5.82 Å². The summed E-state index contributed by atoms with van der Waals surface area (Å²) in [6, 6.07) is 1.37. The van der Waals surface area contributed by atoms with E-state index in [1.54, 1.807) is 6.92 Å². The van der Waals surface area contributed by atoms with Crippen LogP contribution in [-0.2, 0) is 14.0 Å². The fourth-order valence-corrected chi connectivity index (χ4v) is 2.45. The van der Waals surface area contributed by atoms with Crippen LogP contribution < -0.4 is 11.4 Å². The lowest BCUT2D eigenvalue weighted by Gasteiger charge is -2.19. The molecule has 1 aliphatic heterocycles. The molecule has 0 bridgehead atoms. The minimum atomic E-state index is -4.37. The maximum absolute atomic E-state index is 11.7. The zero-order chi connectivity index (χ0) is 15.8. The van der Waals surface area contributed by atoms with E-state index in [0.29, 0.717) is 0 Å². The molecule has 21 heavy (non-hydrogen) atoms. The third-order valence-electron chi connectivity index (χ3n) is 3.01. The molecule has 0 spiro atoms. The van der Waals surface area contributed by atoms with Crippen LogP contribution in [0.15, 0.2) is 17.1 Å². The number of nitrogens with two attached hydrogens (primary N) is 1. The van der Waals surface area contributed by atoms with E-state index in [4.69, 9.17) is 25.0 Å². The molecule has 0 aliphatic carbocycles. The highest BCUT2D eigenvalue weighted by atomic mass is 31.2. The third-order valence-corrected chi connectivity index (χ3v) is 3.49. The first kappa shape index (κ1) is 16.1. The summed E-state index contributed by atoms with van der Waals surface area (Å²) in [5, 5.41) is 10.1. The van der Waals surface area contributed by atoms with Crippen molar-refractivity contribution in [2.75, 3.05) is 12.1 Å². The Bertz CT molecular complexity index is 615. The quantitative estimate of drug-likeness (QED) is 0.491. The fraction of sp³-hybridized carbons (Fsp3) is 0.600. The minimum Gasteiger partial charge on any atom is -0.386 e. The maximum Gasteiger partial charge on any atom is 0.351 e. The monoisotopic (exact) mass is 321 g/mol. The van der Waals surface area contributed by atoms with Gasteiger partial charge in [-0.2, -0.15) is 4.98 Å². The summed E-state index contributed by atoms with van der Waals surface area (Å²) in [5.74, 6) is 0.0334. The number of aromatic nitrogens is 2. The van der Waals surface area contributed by atoms with Crippen LogP contribution in [-0.4, -0.2) is 49.1 Å². The molecular weight excluding hydrogens is 305 g/mol. The van der Waals surface area contributed by atoms with Crippen molar-refractivity contribution in [3.8, 4) is 0 Å². The Morgan fingerprint density at radius 3 is 2.81 bits per heavy atom. The number of nitrogens with zero attached hydrogens (tertiary/aromatic N) is 2. The van der Waals surface area contributed by atoms with Gasteiger partial charge in [0.05, 0.1) is 6.10 Å². The molecule has 1 fully saturated rings. The molecule has 1 aromatic heterocycles. The Kier molecular flexibility index (Phi) is 4.47. The molecule has 4 atom stereocenters. The fourth-order valence-electron chi connectivity index (χ4n) is 2.08. The Morgan fingerprint density at radius 2 is 2.24 bits per heavy atom. The van der Waals surface area contributed by atoms with Gasteiger partial charge in [0.15, 0.2) is 6.23 Å². The Morgan fingerprint density at radius 1 is 1.57 bits per heavy atom. The number of aliphatic hydroxyl groups is 1. The SMILES string of the molecule is C[C@H]1O[C@@H](n2ccc(N)nc2=O)[C@H](O)[C@H]1OCP(=O)(O)O. The first-order valence-electron chi connectivity index (χ1n) is 6.03. The summed E-state index contributed by atoms with van der Waals surface area (Å²) in [6.07, 6.45) is -3.52. The Hall–Kier alpha value is -1.29. The van der Waals surface area contributed by atoms with Crippen molar-refractivity contribution in [2.24, 2.45) is 0 Å². The molecule has 1 aliphatic rings. The van der Waals surface area contributed by atoms with E-state index in [2.05, 4.69) is 4.98 Å². The van der Waals surface area contributed by atoms with E-state index < -0.39 is 44.2 Å². The van der Waals surface area contributed by atoms with E-state index in [1.807, 2.05) is 0 Å². The van der Waals surface area contributed by atoms with Crippen molar-refractivity contribution in [2.45, 2.75) is 31.5 Å². The number of hydrogen-bond donors (Lipinski definition) is 4. The molecular formula is C10H16N3O7P. The van der Waals surface area contributed by atoms with Gasteiger partial charge in [-0.1, -0.05) is 0 Å². The summed E-state index contributed by atoms with van der Waals surface area (Å²) in [4.78, 5) is 32.8. The first-order valence-corrected chi connectivity index (χ1v) is 7.83. The predicted octanol–water partition coefficient (Wildman–Crippen LogP) is -1.38. The highest BCUT2D eigenvalue weighted by Gasteiger charge is 2.44. The Labute approximate surface area is 119 Å². The van der Waals surface area contributed by atoms with Crippen LogP contribution >= 0.6 is 7.60 Å². The Balaban J connectivity index is 2.17. The summed E-state index contributed by atoms with van der Waals surface area (Å²) in [6.45, 7) is 1.56. The summed E-state index contributed by atoms with van der Waals surface area (Å²) >= 11 is 0. The van der Waals surface area contributed by atoms with Crippen molar-refractivity contribution in [3.05, 3.63) is 22.7 Å². The molecule has 11 heteroatoms. The van der Waals surface area contributed by atoms with Gasteiger partial charge in [-0.15, -0.1) is 0 Å². The molecule has 0 saturated carbocycles. The molecule has 0 radical (unpaired) electrons. The van der Waals surface area contributed by atoms with Gasteiger partial charge >= 0.3 is 13.3 Å². The zero-order valence-corrected chi connectivity index (χ0v) is 12.0. The lowest BCUT2D eigenvalue weighted by molar-refractivity contribution is -0.0357. The van der Waals surface area contributed by atoms with Crippen LogP contribution in [0.3, 0.4) is 0 Å². The lowest BCUT2D eigenvalue weighted by Crippen LogP contribution is -2.37. The summed E-state index contributed by atoms with van der Waals surface area (Å²) in [7, 11) is -4.37. The maximum atomic E-state index is 11.7. The van der Waals surface area contributed by atoms with E-state index in [0.717, 1.165) is 4.57 Å². The average molecular weight is 321 g/mol. The zero-order valence-electron chi connectivity index (χ0n) is 11.1. The summed E-state index contributed by atoms with van der Waals surface area (Å²) < 4.78 is 22.3. The number of aliphatic hydroxyl groups excluding tert-OH is 1. The second-order valence-corrected chi connectivity index (χ2v) is 6.28. The number of anilines is 1. The smallest absolute Gasteiger partial charge is 0.351 e. The van der Waals surface area contributed by atoms with Gasteiger partial charge in [-0.3, -0.25) is 9.13 Å². The standard InChI is InChI=1S/C10H16N3O7P/c1-5-8(19-4-21(16,17)18)7(14)9(20-5)13-3-2-6(11)12-10(13)15/h2-3,5,7-9,14H,4H2,1H3,(H2,11,12,15)(H2,16,17,18)/t5-,7-,8+,9-/m1/s1. The van der Waals surface area contributed by atoms with Gasteiger partial charge in [-0.05, 0) is 13.0 Å². The molecule has 0 unspecified atom stereocenters. The van der Waals surface area contributed by atoms with Gasteiger partial charge < -0.3 is 30.1 Å². The number of nitrogen functional groups attached to an aromatic ring is 1. The number of rotatable bonds is 4. The second-order valence-electron chi connectivity index (χ2n) is 4.69. The normalized spacial score (nSPS) is 29.7. The van der Waals surface area contributed by atoms with Crippen molar-refractivity contribution >= 4 is 13.4 Å². The molecule has 2 rings (SSSR count). The number of hydrogen-bond acceptors (Lipinski definition) is 7. The lowest BCUT2D eigenvalue weighted by atomic mass is 10.1. The largest absolute Gasteiger partial charge is 0.386 e. The molecule has 10 nitrogen and oxygen atoms in total. The molecule has 5 N–H and O–H groups in total. The van der Waals surface area contributed by atoms with Crippen molar-refractivity contribution in [3.63, 3.8) is 0 Å². The molecule has 0 aromatic carbocycles. The van der Waals surface area contributed by atoms with Crippen molar-refractivity contribution in [1.29, 1.82) is 0 Å². The van der Waals surface area contributed by atoms with Gasteiger partial charge in [0.1, 0.15) is 24.4 Å². The number of ether oxygens (including phenoxy) is 2. The summed E-state index contributed by atoms with van der Waals surface area (Å²) in [5.41, 5.74) is 4.67. The molecule has 0 amide bonds. The van der Waals surface area contributed by atoms with E-state index in [9.17, 15) is 14.5 Å². The third kappa shape index (κ3) is 3.67. The average Bonchev–Trinajstić information content (AvgIpc) is 2.61. The van der Waals surface area contributed by atoms with E-state index in [1.165, 1.54) is 12.3 Å². The topological polar surface area (TPSA) is 157 Å². The van der Waals surface area contributed by atoms with E-state index in [-0.39, 0.29) is 5.82 Å².